The van der Waals surface area contributed by atoms with Gasteiger partial charge in [0.1, 0.15) is 0 Å². The monoisotopic (exact) mass is 298 g/mol. The molecule has 0 aliphatic carbocycles. The Morgan fingerprint density at radius 3 is 2.65 bits per heavy atom. The summed E-state index contributed by atoms with van der Waals surface area (Å²) in [6.45, 7) is 6.55. The number of carbonyl (C=O) groups excluding carboxylic acids is 1. The zero-order chi connectivity index (χ0) is 13.0. The maximum Gasteiger partial charge on any atom is 0.251 e. The van der Waals surface area contributed by atoms with Crippen LogP contribution >= 0.6 is 15.9 Å². The molecule has 0 heterocycles. The van der Waals surface area contributed by atoms with E-state index < -0.39 is 0 Å². The van der Waals surface area contributed by atoms with Gasteiger partial charge in [0.15, 0.2) is 0 Å². The highest BCUT2D eigenvalue weighted by Crippen LogP contribution is 2.16. The smallest absolute Gasteiger partial charge is 0.251 e. The molecule has 0 saturated carbocycles. The molecule has 0 spiro atoms. The van der Waals surface area contributed by atoms with E-state index in [4.69, 9.17) is 5.73 Å². The minimum atomic E-state index is -0.0725. The van der Waals surface area contributed by atoms with Gasteiger partial charge < -0.3 is 11.1 Å². The van der Waals surface area contributed by atoms with Crippen molar-refractivity contribution in [3.8, 4) is 0 Å². The number of hydrogen-bond donors (Lipinski definition) is 2. The van der Waals surface area contributed by atoms with Crippen molar-refractivity contribution in [3.63, 3.8) is 0 Å². The Balaban J connectivity index is 2.61. The molecule has 94 valence electrons. The van der Waals surface area contributed by atoms with Crippen molar-refractivity contribution >= 4 is 21.8 Å². The number of carbonyl (C=O) groups is 1. The van der Waals surface area contributed by atoms with Crippen LogP contribution in [0.3, 0.4) is 0 Å². The fourth-order valence-corrected chi connectivity index (χ4v) is 1.58. The van der Waals surface area contributed by atoms with E-state index in [1.54, 1.807) is 6.07 Å². The predicted molar refractivity (Wildman–Crippen MR) is 74.0 cm³/mol. The van der Waals surface area contributed by atoms with Gasteiger partial charge in [0.25, 0.3) is 5.91 Å². The maximum absolute atomic E-state index is 11.9. The van der Waals surface area contributed by atoms with Crippen LogP contribution in [0.25, 0.3) is 0 Å². The quantitative estimate of drug-likeness (QED) is 0.897. The molecule has 0 aromatic heterocycles. The second-order valence-corrected chi connectivity index (χ2v) is 5.44. The van der Waals surface area contributed by atoms with Crippen molar-refractivity contribution in [1.82, 2.24) is 5.32 Å². The summed E-state index contributed by atoms with van der Waals surface area (Å²) in [5, 5.41) is 2.85. The van der Waals surface area contributed by atoms with Crippen LogP contribution in [-0.4, -0.2) is 18.5 Å². The lowest BCUT2D eigenvalue weighted by molar-refractivity contribution is 0.0949. The first-order valence-corrected chi connectivity index (χ1v) is 6.51. The lowest BCUT2D eigenvalue weighted by atomic mass is 10.1. The van der Waals surface area contributed by atoms with Crippen LogP contribution in [-0.2, 0) is 0 Å². The molecule has 17 heavy (non-hydrogen) atoms. The minimum absolute atomic E-state index is 0.00417. The lowest BCUT2D eigenvalue weighted by Gasteiger charge is -2.16. The summed E-state index contributed by atoms with van der Waals surface area (Å²) < 4.78 is 1.01. The van der Waals surface area contributed by atoms with Gasteiger partial charge in [-0.15, -0.1) is 0 Å². The number of rotatable bonds is 4. The number of nitrogens with one attached hydrogen (secondary N) is 1. The zero-order valence-corrected chi connectivity index (χ0v) is 12.0. The van der Waals surface area contributed by atoms with Gasteiger partial charge in [0.2, 0.25) is 0 Å². The molecule has 1 amide bonds. The highest BCUT2D eigenvalue weighted by molar-refractivity contribution is 9.10. The first-order valence-electron chi connectivity index (χ1n) is 5.71. The third kappa shape index (κ3) is 4.13. The summed E-state index contributed by atoms with van der Waals surface area (Å²) >= 11 is 3.41. The van der Waals surface area contributed by atoms with E-state index in [1.165, 1.54) is 0 Å². The van der Waals surface area contributed by atoms with E-state index in [2.05, 4.69) is 21.2 Å². The summed E-state index contributed by atoms with van der Waals surface area (Å²) in [5.74, 6) is 0.290. The van der Waals surface area contributed by atoms with Crippen LogP contribution < -0.4 is 11.1 Å². The third-order valence-electron chi connectivity index (χ3n) is 2.77. The highest BCUT2D eigenvalue weighted by atomic mass is 79.9. The lowest BCUT2D eigenvalue weighted by Crippen LogP contribution is -2.40. The molecule has 3 N–H and O–H groups in total. The van der Waals surface area contributed by atoms with E-state index in [0.29, 0.717) is 18.0 Å². The van der Waals surface area contributed by atoms with Crippen molar-refractivity contribution in [2.24, 2.45) is 11.7 Å². The number of halogens is 1. The Bertz CT molecular complexity index is 404. The molecule has 1 rings (SSSR count). The molecule has 0 bridgehead atoms. The fourth-order valence-electron chi connectivity index (χ4n) is 1.33. The van der Waals surface area contributed by atoms with E-state index in [1.807, 2.05) is 32.9 Å². The minimum Gasteiger partial charge on any atom is -0.350 e. The molecule has 1 aromatic carbocycles. The summed E-state index contributed by atoms with van der Waals surface area (Å²) in [6.07, 6.45) is 0. The fraction of sp³-hybridized carbons (Fsp3) is 0.462. The number of aryl methyl sites for hydroxylation is 1. The Hall–Kier alpha value is -0.870. The van der Waals surface area contributed by atoms with Crippen molar-refractivity contribution in [2.45, 2.75) is 26.8 Å². The summed E-state index contributed by atoms with van der Waals surface area (Å²) in [7, 11) is 0. The van der Waals surface area contributed by atoms with E-state index in [9.17, 15) is 4.79 Å². The molecule has 1 aromatic rings. The molecule has 1 atom stereocenters. The van der Waals surface area contributed by atoms with E-state index in [-0.39, 0.29) is 11.9 Å². The molecule has 0 aliphatic rings. The molecule has 4 heteroatoms. The average molecular weight is 299 g/mol. The Morgan fingerprint density at radius 2 is 2.12 bits per heavy atom. The van der Waals surface area contributed by atoms with Crippen LogP contribution in [0.2, 0.25) is 0 Å². The molecule has 0 saturated heterocycles. The van der Waals surface area contributed by atoms with Crippen molar-refractivity contribution in [2.75, 3.05) is 6.54 Å². The molecular formula is C13H19BrN2O. The molecule has 0 fully saturated rings. The zero-order valence-electron chi connectivity index (χ0n) is 10.5. The standard InChI is InChI=1S/C13H19BrN2O/c1-8(2)12(15)7-16-13(17)10-4-5-11(14)9(3)6-10/h4-6,8,12H,7,15H2,1-3H3,(H,16,17). The third-order valence-corrected chi connectivity index (χ3v) is 3.66. The first kappa shape index (κ1) is 14.2. The van der Waals surface area contributed by atoms with Gasteiger partial charge in [-0.05, 0) is 36.6 Å². The summed E-state index contributed by atoms with van der Waals surface area (Å²) in [6, 6.07) is 5.54. The van der Waals surface area contributed by atoms with Gasteiger partial charge in [0.05, 0.1) is 0 Å². The molecular weight excluding hydrogens is 280 g/mol. The van der Waals surface area contributed by atoms with Crippen LogP contribution in [0, 0.1) is 12.8 Å². The largest absolute Gasteiger partial charge is 0.350 e. The Morgan fingerprint density at radius 1 is 1.47 bits per heavy atom. The molecule has 0 radical (unpaired) electrons. The molecule has 1 unspecified atom stereocenters. The average Bonchev–Trinajstić information content (AvgIpc) is 2.28. The van der Waals surface area contributed by atoms with E-state index in [0.717, 1.165) is 10.0 Å². The van der Waals surface area contributed by atoms with Crippen molar-refractivity contribution in [1.29, 1.82) is 0 Å². The molecule has 3 nitrogen and oxygen atoms in total. The van der Waals surface area contributed by atoms with Gasteiger partial charge in [-0.2, -0.15) is 0 Å². The summed E-state index contributed by atoms with van der Waals surface area (Å²) in [4.78, 5) is 11.9. The number of hydrogen-bond acceptors (Lipinski definition) is 2. The maximum atomic E-state index is 11.9. The SMILES string of the molecule is Cc1cc(C(=O)NCC(N)C(C)C)ccc1Br. The first-order chi connectivity index (χ1) is 7.91. The topological polar surface area (TPSA) is 55.1 Å². The number of benzene rings is 1. The second-order valence-electron chi connectivity index (χ2n) is 4.58. The Labute approximate surface area is 111 Å². The van der Waals surface area contributed by atoms with Crippen LogP contribution in [0.1, 0.15) is 29.8 Å². The van der Waals surface area contributed by atoms with Crippen molar-refractivity contribution < 1.29 is 4.79 Å². The highest BCUT2D eigenvalue weighted by Gasteiger charge is 2.11. The summed E-state index contributed by atoms with van der Waals surface area (Å²) in [5.41, 5.74) is 7.59. The van der Waals surface area contributed by atoms with Gasteiger partial charge in [-0.3, -0.25) is 4.79 Å². The Kier molecular flexibility index (Phi) is 5.15. The van der Waals surface area contributed by atoms with Gasteiger partial charge in [-0.1, -0.05) is 29.8 Å². The van der Waals surface area contributed by atoms with Gasteiger partial charge in [-0.25, -0.2) is 0 Å². The number of nitrogens with two attached hydrogens (primary N) is 1. The number of amides is 1. The van der Waals surface area contributed by atoms with Gasteiger partial charge >= 0.3 is 0 Å². The van der Waals surface area contributed by atoms with Crippen LogP contribution in [0.4, 0.5) is 0 Å². The van der Waals surface area contributed by atoms with Crippen LogP contribution in [0.5, 0.6) is 0 Å². The van der Waals surface area contributed by atoms with Crippen LogP contribution in [0.15, 0.2) is 22.7 Å². The molecule has 0 aliphatic heterocycles. The second kappa shape index (κ2) is 6.17. The van der Waals surface area contributed by atoms with Gasteiger partial charge in [0, 0.05) is 22.6 Å². The van der Waals surface area contributed by atoms with E-state index >= 15 is 0 Å². The predicted octanol–water partition coefficient (Wildman–Crippen LogP) is 2.47. The van der Waals surface area contributed by atoms with Crippen molar-refractivity contribution in [3.05, 3.63) is 33.8 Å². The normalized spacial score (nSPS) is 12.6.